The number of aromatic nitrogens is 3. The van der Waals surface area contributed by atoms with E-state index in [2.05, 4.69) is 20.8 Å². The third-order valence-electron chi connectivity index (χ3n) is 2.46. The second-order valence-corrected chi connectivity index (χ2v) is 3.91. The van der Waals surface area contributed by atoms with Crippen molar-refractivity contribution in [3.8, 4) is 0 Å². The molecule has 9 nitrogen and oxygen atoms in total. The highest BCUT2D eigenvalue weighted by atomic mass is 16.4. The molecule has 0 aromatic carbocycles. The number of amides is 2. The molecular formula is C10H17N5O4. The first kappa shape index (κ1) is 14.9. The van der Waals surface area contributed by atoms with Gasteiger partial charge in [-0.15, -0.1) is 10.2 Å². The lowest BCUT2D eigenvalue weighted by Gasteiger charge is -2.13. The highest BCUT2D eigenvalue weighted by molar-refractivity contribution is 5.82. The van der Waals surface area contributed by atoms with Gasteiger partial charge in [-0.05, 0) is 0 Å². The molecule has 1 heterocycles. The molecule has 1 rings (SSSR count). The van der Waals surface area contributed by atoms with Crippen molar-refractivity contribution in [3.05, 3.63) is 12.2 Å². The first-order valence-electron chi connectivity index (χ1n) is 5.75. The monoisotopic (exact) mass is 271 g/mol. The largest absolute Gasteiger partial charge is 0.480 e. The van der Waals surface area contributed by atoms with Crippen molar-refractivity contribution < 1.29 is 19.8 Å². The summed E-state index contributed by atoms with van der Waals surface area (Å²) in [5.74, 6) is -0.469. The van der Waals surface area contributed by atoms with Crippen LogP contribution in [0.2, 0.25) is 0 Å². The van der Waals surface area contributed by atoms with Crippen LogP contribution in [0.1, 0.15) is 12.2 Å². The number of urea groups is 1. The molecule has 1 unspecified atom stereocenters. The lowest BCUT2D eigenvalue weighted by atomic mass is 10.2. The number of carboxylic acids is 1. The van der Waals surface area contributed by atoms with Crippen LogP contribution in [-0.4, -0.2) is 56.2 Å². The molecular weight excluding hydrogens is 254 g/mol. The molecule has 0 fully saturated rings. The van der Waals surface area contributed by atoms with Gasteiger partial charge in [-0.2, -0.15) is 0 Å². The van der Waals surface area contributed by atoms with Gasteiger partial charge in [-0.25, -0.2) is 9.59 Å². The van der Waals surface area contributed by atoms with Crippen LogP contribution >= 0.6 is 0 Å². The molecule has 0 bridgehead atoms. The summed E-state index contributed by atoms with van der Waals surface area (Å²) in [6.07, 6.45) is 2.00. The number of carbonyl (C=O) groups excluding carboxylic acids is 1. The van der Waals surface area contributed by atoms with Crippen molar-refractivity contribution in [2.75, 3.05) is 13.2 Å². The Hall–Kier alpha value is -2.16. The van der Waals surface area contributed by atoms with E-state index in [1.807, 2.05) is 0 Å². The minimum Gasteiger partial charge on any atom is -0.480 e. The Labute approximate surface area is 109 Å². The topological polar surface area (TPSA) is 129 Å². The summed E-state index contributed by atoms with van der Waals surface area (Å²) < 4.78 is 1.73. The fourth-order valence-corrected chi connectivity index (χ4v) is 1.42. The van der Waals surface area contributed by atoms with E-state index in [4.69, 9.17) is 10.2 Å². The van der Waals surface area contributed by atoms with Crippen LogP contribution in [0.25, 0.3) is 0 Å². The smallest absolute Gasteiger partial charge is 0.326 e. The molecule has 0 aliphatic carbocycles. The van der Waals surface area contributed by atoms with E-state index in [-0.39, 0.29) is 13.0 Å². The second-order valence-electron chi connectivity index (χ2n) is 3.91. The van der Waals surface area contributed by atoms with Crippen molar-refractivity contribution in [1.29, 1.82) is 0 Å². The van der Waals surface area contributed by atoms with E-state index in [1.54, 1.807) is 17.9 Å². The third kappa shape index (κ3) is 4.92. The number of carboxylic acid groups (broad SMARTS) is 1. The van der Waals surface area contributed by atoms with E-state index >= 15 is 0 Å². The Morgan fingerprint density at radius 2 is 2.26 bits per heavy atom. The number of rotatable bonds is 7. The maximum Gasteiger partial charge on any atom is 0.326 e. The maximum atomic E-state index is 11.4. The predicted octanol–water partition coefficient (Wildman–Crippen LogP) is -1.51. The molecule has 0 radical (unpaired) electrons. The number of hydrogen-bond acceptors (Lipinski definition) is 5. The lowest BCUT2D eigenvalue weighted by Crippen LogP contribution is -2.46. The SMILES string of the molecule is Cn1cnnc1CCNC(=O)NC(CCO)C(=O)O. The van der Waals surface area contributed by atoms with Gasteiger partial charge in [0.25, 0.3) is 0 Å². The zero-order valence-electron chi connectivity index (χ0n) is 10.5. The molecule has 0 saturated heterocycles. The normalized spacial score (nSPS) is 11.9. The van der Waals surface area contributed by atoms with Gasteiger partial charge in [0, 0.05) is 33.0 Å². The van der Waals surface area contributed by atoms with E-state index in [0.717, 1.165) is 0 Å². The lowest BCUT2D eigenvalue weighted by molar-refractivity contribution is -0.139. The maximum absolute atomic E-state index is 11.4. The van der Waals surface area contributed by atoms with Crippen LogP contribution in [0.3, 0.4) is 0 Å². The first-order chi connectivity index (χ1) is 9.04. The summed E-state index contributed by atoms with van der Waals surface area (Å²) in [5.41, 5.74) is 0. The van der Waals surface area contributed by atoms with Crippen LogP contribution in [0.5, 0.6) is 0 Å². The first-order valence-corrected chi connectivity index (χ1v) is 5.75. The summed E-state index contributed by atoms with van der Waals surface area (Å²) in [6.45, 7) is 0.0000167. The number of aliphatic hydroxyl groups is 1. The molecule has 2 amide bonds. The summed E-state index contributed by atoms with van der Waals surface area (Å²) in [7, 11) is 1.79. The van der Waals surface area contributed by atoms with Gasteiger partial charge in [0.15, 0.2) is 0 Å². The Morgan fingerprint density at radius 1 is 1.53 bits per heavy atom. The fraction of sp³-hybridized carbons (Fsp3) is 0.600. The van der Waals surface area contributed by atoms with Crippen LogP contribution in [-0.2, 0) is 18.3 Å². The van der Waals surface area contributed by atoms with Gasteiger partial charge in [-0.1, -0.05) is 0 Å². The molecule has 4 N–H and O–H groups in total. The molecule has 0 aliphatic heterocycles. The van der Waals surface area contributed by atoms with Crippen molar-refractivity contribution in [2.24, 2.45) is 7.05 Å². The number of hydrogen-bond donors (Lipinski definition) is 4. The van der Waals surface area contributed by atoms with Crippen molar-refractivity contribution in [2.45, 2.75) is 18.9 Å². The summed E-state index contributed by atoms with van der Waals surface area (Å²) in [4.78, 5) is 22.2. The quantitative estimate of drug-likeness (QED) is 0.477. The molecule has 0 saturated carbocycles. The van der Waals surface area contributed by atoms with E-state index in [1.165, 1.54) is 0 Å². The summed E-state index contributed by atoms with van der Waals surface area (Å²) >= 11 is 0. The number of carbonyl (C=O) groups is 2. The number of aliphatic hydroxyl groups excluding tert-OH is 1. The molecule has 9 heteroatoms. The minimum atomic E-state index is -1.18. The van der Waals surface area contributed by atoms with Crippen LogP contribution < -0.4 is 10.6 Å². The number of aryl methyl sites for hydroxylation is 1. The Morgan fingerprint density at radius 3 is 2.79 bits per heavy atom. The fourth-order valence-electron chi connectivity index (χ4n) is 1.42. The summed E-state index contributed by atoms with van der Waals surface area (Å²) in [5, 5.41) is 29.8. The van der Waals surface area contributed by atoms with Gasteiger partial charge in [-0.3, -0.25) is 0 Å². The minimum absolute atomic E-state index is 0.0357. The van der Waals surface area contributed by atoms with E-state index < -0.39 is 18.0 Å². The zero-order chi connectivity index (χ0) is 14.3. The van der Waals surface area contributed by atoms with Gasteiger partial charge in [0.05, 0.1) is 0 Å². The summed E-state index contributed by atoms with van der Waals surface area (Å²) in [6, 6.07) is -1.69. The molecule has 0 aliphatic rings. The average Bonchev–Trinajstić information content (AvgIpc) is 2.74. The second kappa shape index (κ2) is 7.31. The molecule has 0 spiro atoms. The van der Waals surface area contributed by atoms with Gasteiger partial charge in [0.1, 0.15) is 18.2 Å². The molecule has 19 heavy (non-hydrogen) atoms. The van der Waals surface area contributed by atoms with Crippen LogP contribution in [0, 0.1) is 0 Å². The Balaban J connectivity index is 2.31. The highest BCUT2D eigenvalue weighted by Gasteiger charge is 2.18. The predicted molar refractivity (Wildman–Crippen MR) is 64.4 cm³/mol. The van der Waals surface area contributed by atoms with Crippen molar-refractivity contribution in [3.63, 3.8) is 0 Å². The molecule has 1 atom stereocenters. The highest BCUT2D eigenvalue weighted by Crippen LogP contribution is 1.93. The number of aliphatic carboxylic acids is 1. The van der Waals surface area contributed by atoms with Crippen molar-refractivity contribution >= 4 is 12.0 Å². The van der Waals surface area contributed by atoms with Gasteiger partial charge in [0.2, 0.25) is 0 Å². The standard InChI is InChI=1S/C10H17N5O4/c1-15-6-12-14-8(15)2-4-11-10(19)13-7(3-5-16)9(17)18/h6-7,16H,2-5H2,1H3,(H,17,18)(H2,11,13,19). The average molecular weight is 271 g/mol. The van der Waals surface area contributed by atoms with Crippen LogP contribution in [0.15, 0.2) is 6.33 Å². The Kier molecular flexibility index (Phi) is 5.73. The van der Waals surface area contributed by atoms with E-state index in [0.29, 0.717) is 18.8 Å². The number of nitrogens with zero attached hydrogens (tertiary/aromatic N) is 3. The van der Waals surface area contributed by atoms with E-state index in [9.17, 15) is 9.59 Å². The molecule has 1 aromatic rings. The van der Waals surface area contributed by atoms with Gasteiger partial charge >= 0.3 is 12.0 Å². The van der Waals surface area contributed by atoms with Crippen molar-refractivity contribution in [1.82, 2.24) is 25.4 Å². The third-order valence-corrected chi connectivity index (χ3v) is 2.46. The zero-order valence-corrected chi connectivity index (χ0v) is 10.5. The van der Waals surface area contributed by atoms with Crippen LogP contribution in [0.4, 0.5) is 4.79 Å². The van der Waals surface area contributed by atoms with Gasteiger partial charge < -0.3 is 25.4 Å². The molecule has 1 aromatic heterocycles. The number of nitrogens with one attached hydrogen (secondary N) is 2. The molecule has 106 valence electrons. The Bertz CT molecular complexity index is 433.